The molecule has 4 nitrogen and oxygen atoms in total. The second kappa shape index (κ2) is 6.99. The van der Waals surface area contributed by atoms with Crippen LogP contribution in [0.2, 0.25) is 5.02 Å². The summed E-state index contributed by atoms with van der Waals surface area (Å²) in [5.41, 5.74) is 2.02. The fourth-order valence-corrected chi connectivity index (χ4v) is 3.45. The smallest absolute Gasteiger partial charge is 0.108 e. The van der Waals surface area contributed by atoms with Crippen LogP contribution < -0.4 is 0 Å². The minimum absolute atomic E-state index is 0.750. The fraction of sp³-hybridized carbons (Fsp3) is 0.588. The Morgan fingerprint density at radius 3 is 3.05 bits per heavy atom. The van der Waals surface area contributed by atoms with Gasteiger partial charge in [0, 0.05) is 24.0 Å². The molecule has 1 aliphatic rings. The molecule has 0 aliphatic carbocycles. The van der Waals surface area contributed by atoms with Gasteiger partial charge in [-0.15, -0.1) is 0 Å². The van der Waals surface area contributed by atoms with Gasteiger partial charge in [-0.05, 0) is 64.6 Å². The molecule has 1 atom stereocenters. The molecule has 1 fully saturated rings. The van der Waals surface area contributed by atoms with Gasteiger partial charge >= 0.3 is 0 Å². The number of hydrogen-bond donors (Lipinski definition) is 1. The van der Waals surface area contributed by atoms with Gasteiger partial charge < -0.3 is 14.8 Å². The molecular formula is C17H25ClN4. The molecule has 120 valence electrons. The largest absolute Gasteiger partial charge is 0.342 e. The summed E-state index contributed by atoms with van der Waals surface area (Å²) in [6, 6.07) is 6.57. The molecule has 2 heterocycles. The van der Waals surface area contributed by atoms with Gasteiger partial charge in [0.05, 0.1) is 11.0 Å². The Balaban J connectivity index is 1.48. The first-order chi connectivity index (χ1) is 10.6. The second-order valence-electron chi connectivity index (χ2n) is 6.46. The lowest BCUT2D eigenvalue weighted by molar-refractivity contribution is 0.249. The van der Waals surface area contributed by atoms with E-state index in [-0.39, 0.29) is 0 Å². The third-order valence-corrected chi connectivity index (χ3v) is 4.97. The molecule has 3 rings (SSSR count). The zero-order valence-electron chi connectivity index (χ0n) is 13.5. The Hall–Kier alpha value is -1.10. The van der Waals surface area contributed by atoms with Crippen molar-refractivity contribution < 1.29 is 0 Å². The minimum atomic E-state index is 0.750. The van der Waals surface area contributed by atoms with Crippen LogP contribution in [0.15, 0.2) is 18.2 Å². The number of likely N-dealkylation sites (N-methyl/N-ethyl adjacent to an activating group) is 1. The summed E-state index contributed by atoms with van der Waals surface area (Å²) in [6.07, 6.45) is 4.92. The summed E-state index contributed by atoms with van der Waals surface area (Å²) in [6.45, 7) is 3.45. The van der Waals surface area contributed by atoms with Gasteiger partial charge in [-0.25, -0.2) is 4.98 Å². The molecule has 1 aromatic carbocycles. The lowest BCUT2D eigenvalue weighted by Gasteiger charge is -2.23. The highest BCUT2D eigenvalue weighted by Gasteiger charge is 2.20. The molecule has 0 amide bonds. The standard InChI is InChI=1S/C17H25ClN4/c1-21(10-7-14-4-3-9-22(14)2)11-8-17-19-15-6-5-13(18)12-16(15)20-17/h5-6,12,14H,3-4,7-11H2,1-2H3,(H,19,20)/t14-/m1/s1. The maximum absolute atomic E-state index is 6.01. The number of benzene rings is 1. The Morgan fingerprint density at radius 1 is 1.41 bits per heavy atom. The van der Waals surface area contributed by atoms with E-state index >= 15 is 0 Å². The van der Waals surface area contributed by atoms with Crippen molar-refractivity contribution in [2.75, 3.05) is 33.7 Å². The first kappa shape index (κ1) is 15.8. The molecule has 0 bridgehead atoms. The number of aromatic amines is 1. The van der Waals surface area contributed by atoms with Crippen molar-refractivity contribution >= 4 is 22.6 Å². The summed E-state index contributed by atoms with van der Waals surface area (Å²) in [7, 11) is 4.45. The van der Waals surface area contributed by atoms with Gasteiger partial charge in [-0.2, -0.15) is 0 Å². The summed E-state index contributed by atoms with van der Waals surface area (Å²) in [4.78, 5) is 12.9. The number of H-pyrrole nitrogens is 1. The van der Waals surface area contributed by atoms with E-state index in [1.54, 1.807) is 0 Å². The Bertz CT molecular complexity index is 624. The molecule has 0 radical (unpaired) electrons. The molecule has 5 heteroatoms. The van der Waals surface area contributed by atoms with E-state index in [4.69, 9.17) is 11.6 Å². The van der Waals surface area contributed by atoms with E-state index in [1.165, 1.54) is 25.8 Å². The Kier molecular flexibility index (Phi) is 5.01. The Labute approximate surface area is 137 Å². The zero-order valence-corrected chi connectivity index (χ0v) is 14.2. The van der Waals surface area contributed by atoms with E-state index in [9.17, 15) is 0 Å². The molecule has 0 saturated carbocycles. The van der Waals surface area contributed by atoms with Gasteiger partial charge in [0.1, 0.15) is 5.82 Å². The van der Waals surface area contributed by atoms with Gasteiger partial charge in [0.15, 0.2) is 0 Å². The van der Waals surface area contributed by atoms with Crippen molar-refractivity contribution in [1.29, 1.82) is 0 Å². The van der Waals surface area contributed by atoms with Crippen molar-refractivity contribution in [2.24, 2.45) is 0 Å². The first-order valence-corrected chi connectivity index (χ1v) is 8.52. The van der Waals surface area contributed by atoms with Gasteiger partial charge in [-0.3, -0.25) is 0 Å². The number of hydrogen-bond acceptors (Lipinski definition) is 3. The predicted molar refractivity (Wildman–Crippen MR) is 92.6 cm³/mol. The van der Waals surface area contributed by atoms with Crippen LogP contribution in [-0.2, 0) is 6.42 Å². The van der Waals surface area contributed by atoms with Crippen LogP contribution >= 0.6 is 11.6 Å². The van der Waals surface area contributed by atoms with Crippen molar-refractivity contribution in [3.8, 4) is 0 Å². The average molecular weight is 321 g/mol. The summed E-state index contributed by atoms with van der Waals surface area (Å²) < 4.78 is 0. The van der Waals surface area contributed by atoms with Crippen molar-refractivity contribution in [2.45, 2.75) is 31.7 Å². The molecular weight excluding hydrogens is 296 g/mol. The zero-order chi connectivity index (χ0) is 15.5. The molecule has 1 N–H and O–H groups in total. The highest BCUT2D eigenvalue weighted by Crippen LogP contribution is 2.19. The van der Waals surface area contributed by atoms with Crippen LogP contribution in [0.4, 0.5) is 0 Å². The number of likely N-dealkylation sites (tertiary alicyclic amines) is 1. The highest BCUT2D eigenvalue weighted by molar-refractivity contribution is 6.31. The minimum Gasteiger partial charge on any atom is -0.342 e. The van der Waals surface area contributed by atoms with Gasteiger partial charge in [0.25, 0.3) is 0 Å². The molecule has 1 aliphatic heterocycles. The fourth-order valence-electron chi connectivity index (χ4n) is 3.28. The maximum Gasteiger partial charge on any atom is 0.108 e. The predicted octanol–water partition coefficient (Wildman–Crippen LogP) is 3.17. The second-order valence-corrected chi connectivity index (χ2v) is 6.90. The quantitative estimate of drug-likeness (QED) is 0.888. The van der Waals surface area contributed by atoms with E-state index in [0.717, 1.165) is 47.4 Å². The lowest BCUT2D eigenvalue weighted by Crippen LogP contribution is -2.31. The topological polar surface area (TPSA) is 35.2 Å². The monoisotopic (exact) mass is 320 g/mol. The van der Waals surface area contributed by atoms with Crippen LogP contribution in [0.3, 0.4) is 0 Å². The van der Waals surface area contributed by atoms with Crippen molar-refractivity contribution in [1.82, 2.24) is 19.8 Å². The van der Waals surface area contributed by atoms with Crippen LogP contribution in [0.1, 0.15) is 25.1 Å². The normalized spacial score (nSPS) is 19.5. The molecule has 2 aromatic rings. The van der Waals surface area contributed by atoms with Crippen molar-refractivity contribution in [3.63, 3.8) is 0 Å². The SMILES string of the molecule is CN(CCc1nc2ccc(Cl)cc2[nH]1)CC[C@H]1CCCN1C. The molecule has 1 aromatic heterocycles. The number of imidazole rings is 1. The molecule has 0 unspecified atom stereocenters. The molecule has 1 saturated heterocycles. The Morgan fingerprint density at radius 2 is 2.27 bits per heavy atom. The van der Waals surface area contributed by atoms with Crippen LogP contribution in [-0.4, -0.2) is 59.5 Å². The van der Waals surface area contributed by atoms with Crippen molar-refractivity contribution in [3.05, 3.63) is 29.0 Å². The maximum atomic E-state index is 6.01. The summed E-state index contributed by atoms with van der Waals surface area (Å²) in [5, 5.41) is 0.750. The first-order valence-electron chi connectivity index (χ1n) is 8.15. The number of aromatic nitrogens is 2. The molecule has 0 spiro atoms. The van der Waals surface area contributed by atoms with Crippen LogP contribution in [0.5, 0.6) is 0 Å². The number of halogens is 1. The summed E-state index contributed by atoms with van der Waals surface area (Å²) in [5.74, 6) is 1.04. The van der Waals surface area contributed by atoms with E-state index in [2.05, 4.69) is 33.9 Å². The van der Waals surface area contributed by atoms with Gasteiger partial charge in [0.2, 0.25) is 0 Å². The van der Waals surface area contributed by atoms with E-state index in [0.29, 0.717) is 0 Å². The third kappa shape index (κ3) is 3.80. The van der Waals surface area contributed by atoms with Crippen LogP contribution in [0, 0.1) is 0 Å². The van der Waals surface area contributed by atoms with E-state index < -0.39 is 0 Å². The number of nitrogens with zero attached hydrogens (tertiary/aromatic N) is 3. The van der Waals surface area contributed by atoms with Gasteiger partial charge in [-0.1, -0.05) is 11.6 Å². The number of nitrogens with one attached hydrogen (secondary N) is 1. The highest BCUT2D eigenvalue weighted by atomic mass is 35.5. The van der Waals surface area contributed by atoms with E-state index in [1.807, 2.05) is 18.2 Å². The average Bonchev–Trinajstić information content (AvgIpc) is 3.08. The van der Waals surface area contributed by atoms with Crippen LogP contribution in [0.25, 0.3) is 11.0 Å². The number of fused-ring (bicyclic) bond motifs is 1. The lowest BCUT2D eigenvalue weighted by atomic mass is 10.1. The number of rotatable bonds is 6. The molecule has 22 heavy (non-hydrogen) atoms. The third-order valence-electron chi connectivity index (χ3n) is 4.74. The summed E-state index contributed by atoms with van der Waals surface area (Å²) >= 11 is 6.01.